The van der Waals surface area contributed by atoms with Gasteiger partial charge >= 0.3 is 5.97 Å². The van der Waals surface area contributed by atoms with E-state index in [4.69, 9.17) is 5.11 Å². The van der Waals surface area contributed by atoms with Gasteiger partial charge in [-0.3, -0.25) is 0 Å². The molecule has 0 radical (unpaired) electrons. The predicted octanol–water partition coefficient (Wildman–Crippen LogP) is 4.48. The molecule has 2 aromatic carbocycles. The maximum atomic E-state index is 13.1. The summed E-state index contributed by atoms with van der Waals surface area (Å²) in [5, 5.41) is 10.1. The number of rotatable bonds is 5. The largest absolute Gasteiger partial charge is 0.478 e. The lowest BCUT2D eigenvalue weighted by Gasteiger charge is -2.17. The van der Waals surface area contributed by atoms with E-state index in [2.05, 4.69) is 17.0 Å². The van der Waals surface area contributed by atoms with Crippen molar-refractivity contribution in [1.82, 2.24) is 0 Å². The van der Waals surface area contributed by atoms with Crippen molar-refractivity contribution in [3.05, 3.63) is 59.2 Å². The van der Waals surface area contributed by atoms with Gasteiger partial charge in [-0.15, -0.1) is 11.3 Å². The van der Waals surface area contributed by atoms with E-state index in [0.29, 0.717) is 9.77 Å². The van der Waals surface area contributed by atoms with Gasteiger partial charge in [-0.05, 0) is 66.6 Å². The van der Waals surface area contributed by atoms with Crippen molar-refractivity contribution in [3.8, 4) is 0 Å². The lowest BCUT2D eigenvalue weighted by Crippen LogP contribution is -2.17. The topological polar surface area (TPSA) is 74.7 Å². The normalized spacial score (nSPS) is 14.7. The average Bonchev–Trinajstić information content (AvgIpc) is 3.30. The summed E-state index contributed by atoms with van der Waals surface area (Å²) >= 11 is 1.29. The fourth-order valence-electron chi connectivity index (χ4n) is 3.73. The molecule has 146 valence electrons. The number of hydrogen-bond donors (Lipinski definition) is 1. The van der Waals surface area contributed by atoms with Crippen LogP contribution < -0.4 is 4.90 Å². The number of hydrogen-bond acceptors (Lipinski definition) is 5. The number of benzene rings is 2. The molecule has 1 aliphatic rings. The SMILES string of the molecule is Cc1c(S(=O)(=O)Cc2cccc(C(=O)O)c2)sc2ccc(N3CCCC3)cc12. The van der Waals surface area contributed by atoms with Crippen molar-refractivity contribution >= 4 is 42.9 Å². The molecular weight excluding hydrogens is 394 g/mol. The van der Waals surface area contributed by atoms with Crippen molar-refractivity contribution in [1.29, 1.82) is 0 Å². The minimum Gasteiger partial charge on any atom is -0.478 e. The second-order valence-corrected chi connectivity index (χ2v) is 10.4. The zero-order chi connectivity index (χ0) is 19.9. The summed E-state index contributed by atoms with van der Waals surface area (Å²) in [7, 11) is -3.57. The van der Waals surface area contributed by atoms with Crippen LogP contribution in [0.25, 0.3) is 10.1 Å². The van der Waals surface area contributed by atoms with Gasteiger partial charge in [-0.1, -0.05) is 12.1 Å². The molecule has 0 aliphatic carbocycles. The fourth-order valence-corrected chi connectivity index (χ4v) is 6.94. The molecule has 0 unspecified atom stereocenters. The number of thiophene rings is 1. The van der Waals surface area contributed by atoms with E-state index in [9.17, 15) is 13.2 Å². The molecule has 2 heterocycles. The predicted molar refractivity (Wildman–Crippen MR) is 112 cm³/mol. The molecule has 0 atom stereocenters. The van der Waals surface area contributed by atoms with Crippen LogP contribution in [0, 0.1) is 6.92 Å². The summed E-state index contributed by atoms with van der Waals surface area (Å²) in [5.41, 5.74) is 2.49. The molecule has 1 saturated heterocycles. The molecule has 28 heavy (non-hydrogen) atoms. The number of fused-ring (bicyclic) bond motifs is 1. The Morgan fingerprint density at radius 3 is 2.61 bits per heavy atom. The minimum absolute atomic E-state index is 0.0935. The summed E-state index contributed by atoms with van der Waals surface area (Å²) in [5.74, 6) is -1.27. The summed E-state index contributed by atoms with van der Waals surface area (Å²) in [6.07, 6.45) is 2.38. The van der Waals surface area contributed by atoms with Crippen LogP contribution in [0.5, 0.6) is 0 Å². The average molecular weight is 416 g/mol. The van der Waals surface area contributed by atoms with Crippen LogP contribution in [0.15, 0.2) is 46.7 Å². The maximum Gasteiger partial charge on any atom is 0.335 e. The minimum atomic E-state index is -3.57. The summed E-state index contributed by atoms with van der Waals surface area (Å²) in [6, 6.07) is 12.3. The highest BCUT2D eigenvalue weighted by molar-refractivity contribution is 7.93. The third-order valence-corrected chi connectivity index (χ3v) is 8.82. The highest BCUT2D eigenvalue weighted by Crippen LogP contribution is 2.38. The van der Waals surface area contributed by atoms with Gasteiger partial charge in [0.15, 0.2) is 9.84 Å². The van der Waals surface area contributed by atoms with Gasteiger partial charge in [0.2, 0.25) is 0 Å². The maximum absolute atomic E-state index is 13.1. The Balaban J connectivity index is 1.70. The van der Waals surface area contributed by atoms with Crippen molar-refractivity contribution in [2.45, 2.75) is 29.7 Å². The van der Waals surface area contributed by atoms with E-state index < -0.39 is 15.8 Å². The number of carboxylic acid groups (broad SMARTS) is 1. The molecule has 4 rings (SSSR count). The highest BCUT2D eigenvalue weighted by atomic mass is 32.2. The molecule has 0 spiro atoms. The first-order valence-corrected chi connectivity index (χ1v) is 11.6. The van der Waals surface area contributed by atoms with E-state index in [-0.39, 0.29) is 11.3 Å². The molecule has 0 amide bonds. The number of sulfone groups is 1. The van der Waals surface area contributed by atoms with E-state index >= 15 is 0 Å². The molecule has 3 aromatic rings. The number of aryl methyl sites for hydroxylation is 1. The first-order valence-electron chi connectivity index (χ1n) is 9.18. The molecule has 7 heteroatoms. The quantitative estimate of drug-likeness (QED) is 0.665. The third-order valence-electron chi connectivity index (χ3n) is 5.16. The van der Waals surface area contributed by atoms with E-state index in [1.165, 1.54) is 36.3 Å². The Morgan fingerprint density at radius 2 is 1.89 bits per heavy atom. The van der Waals surface area contributed by atoms with Crippen LogP contribution in [0.4, 0.5) is 5.69 Å². The zero-order valence-corrected chi connectivity index (χ0v) is 17.1. The van der Waals surface area contributed by atoms with Crippen LogP contribution in [0.2, 0.25) is 0 Å². The lowest BCUT2D eigenvalue weighted by molar-refractivity contribution is 0.0696. The van der Waals surface area contributed by atoms with Gasteiger partial charge in [0.25, 0.3) is 0 Å². The van der Waals surface area contributed by atoms with Gasteiger partial charge in [0, 0.05) is 23.5 Å². The number of aromatic carboxylic acids is 1. The number of carbonyl (C=O) groups is 1. The number of carboxylic acids is 1. The Bertz CT molecular complexity index is 1160. The van der Waals surface area contributed by atoms with E-state index in [1.54, 1.807) is 12.1 Å². The van der Waals surface area contributed by atoms with Gasteiger partial charge in [-0.2, -0.15) is 0 Å². The van der Waals surface area contributed by atoms with Crippen LogP contribution in [0.3, 0.4) is 0 Å². The fraction of sp³-hybridized carbons (Fsp3) is 0.286. The van der Waals surface area contributed by atoms with Crippen LogP contribution in [-0.2, 0) is 15.6 Å². The van der Waals surface area contributed by atoms with Crippen LogP contribution in [-0.4, -0.2) is 32.6 Å². The first kappa shape index (κ1) is 19.0. The van der Waals surface area contributed by atoms with Gasteiger partial charge < -0.3 is 10.0 Å². The smallest absolute Gasteiger partial charge is 0.335 e. The highest BCUT2D eigenvalue weighted by Gasteiger charge is 2.23. The molecule has 1 aromatic heterocycles. The van der Waals surface area contributed by atoms with Gasteiger partial charge in [0.1, 0.15) is 4.21 Å². The van der Waals surface area contributed by atoms with E-state index in [0.717, 1.165) is 34.4 Å². The van der Waals surface area contributed by atoms with Crippen molar-refractivity contribution in [3.63, 3.8) is 0 Å². The summed E-state index contributed by atoms with van der Waals surface area (Å²) in [4.78, 5) is 13.5. The molecule has 1 fully saturated rings. The Labute approximate surface area is 168 Å². The third kappa shape index (κ3) is 3.52. The second-order valence-electron chi connectivity index (χ2n) is 7.15. The van der Waals surface area contributed by atoms with Crippen LogP contribution in [0.1, 0.15) is 34.3 Å². The standard InChI is InChI=1S/C21H21NO4S2/c1-14-18-12-17(22-9-2-3-10-22)7-8-19(18)27-21(14)28(25,26)13-15-5-4-6-16(11-15)20(23)24/h4-8,11-12H,2-3,9-10,13H2,1H3,(H,23,24). The second kappa shape index (κ2) is 7.22. The van der Waals surface area contributed by atoms with Crippen molar-refractivity contribution in [2.75, 3.05) is 18.0 Å². The monoisotopic (exact) mass is 415 g/mol. The van der Waals surface area contributed by atoms with E-state index in [1.807, 2.05) is 13.0 Å². The van der Waals surface area contributed by atoms with Gasteiger partial charge in [0.05, 0.1) is 11.3 Å². The lowest BCUT2D eigenvalue weighted by atomic mass is 10.1. The van der Waals surface area contributed by atoms with Gasteiger partial charge in [-0.25, -0.2) is 13.2 Å². The summed E-state index contributed by atoms with van der Waals surface area (Å²) in [6.45, 7) is 3.94. The molecule has 0 bridgehead atoms. The van der Waals surface area contributed by atoms with Crippen LogP contribution >= 0.6 is 11.3 Å². The summed E-state index contributed by atoms with van der Waals surface area (Å²) < 4.78 is 27.5. The molecular formula is C21H21NO4S2. The Morgan fingerprint density at radius 1 is 1.14 bits per heavy atom. The number of nitrogens with zero attached hydrogens (tertiary/aromatic N) is 1. The Hall–Kier alpha value is -2.38. The molecule has 1 N–H and O–H groups in total. The van der Waals surface area contributed by atoms with Crippen molar-refractivity contribution in [2.24, 2.45) is 0 Å². The molecule has 5 nitrogen and oxygen atoms in total. The van der Waals surface area contributed by atoms with Crippen molar-refractivity contribution < 1.29 is 18.3 Å². The molecule has 0 saturated carbocycles. The first-order chi connectivity index (χ1) is 13.3. The number of anilines is 1. The molecule has 1 aliphatic heterocycles. The zero-order valence-electron chi connectivity index (χ0n) is 15.5. The Kier molecular flexibility index (Phi) is 4.89.